The highest BCUT2D eigenvalue weighted by Crippen LogP contribution is 2.44. The van der Waals surface area contributed by atoms with E-state index >= 15 is 0 Å². The summed E-state index contributed by atoms with van der Waals surface area (Å²) in [6, 6.07) is 13.1. The Morgan fingerprint density at radius 2 is 1.90 bits per heavy atom. The van der Waals surface area contributed by atoms with Gasteiger partial charge in [-0.3, -0.25) is 14.6 Å². The Hall–Kier alpha value is -3.19. The molecule has 2 atom stereocenters. The van der Waals surface area contributed by atoms with Crippen molar-refractivity contribution < 1.29 is 14.0 Å². The number of carbonyl (C=O) groups is 2. The van der Waals surface area contributed by atoms with E-state index in [1.807, 2.05) is 49.3 Å². The maximum absolute atomic E-state index is 14.0. The minimum atomic E-state index is -0.577. The Morgan fingerprint density at radius 1 is 1.13 bits per heavy atom. The summed E-state index contributed by atoms with van der Waals surface area (Å²) in [4.78, 5) is 35.3. The number of halogens is 1. The van der Waals surface area contributed by atoms with Crippen LogP contribution in [0.15, 0.2) is 48.5 Å². The van der Waals surface area contributed by atoms with Gasteiger partial charge < -0.3 is 9.88 Å². The lowest BCUT2D eigenvalue weighted by molar-refractivity contribution is -0.128. The number of hydrogen-bond acceptors (Lipinski definition) is 3. The summed E-state index contributed by atoms with van der Waals surface area (Å²) < 4.78 is 14.0. The van der Waals surface area contributed by atoms with E-state index in [9.17, 15) is 14.0 Å². The van der Waals surface area contributed by atoms with Crippen LogP contribution in [0, 0.1) is 5.82 Å². The van der Waals surface area contributed by atoms with E-state index in [0.717, 1.165) is 40.7 Å². The summed E-state index contributed by atoms with van der Waals surface area (Å²) in [5.74, 6) is -0.479. The second-order valence-corrected chi connectivity index (χ2v) is 8.58. The number of amides is 3. The first-order valence-electron chi connectivity index (χ1n) is 10.6. The van der Waals surface area contributed by atoms with Crippen LogP contribution in [0.3, 0.4) is 0 Å². The fourth-order valence-corrected chi connectivity index (χ4v) is 4.88. The third kappa shape index (κ3) is 3.20. The molecule has 160 valence electrons. The molecule has 1 saturated heterocycles. The summed E-state index contributed by atoms with van der Waals surface area (Å²) in [6.07, 6.45) is 1.11. The molecule has 2 unspecified atom stereocenters. The molecule has 0 bridgehead atoms. The van der Waals surface area contributed by atoms with Gasteiger partial charge in [0, 0.05) is 29.6 Å². The van der Waals surface area contributed by atoms with Crippen LogP contribution in [-0.2, 0) is 11.2 Å². The van der Waals surface area contributed by atoms with Gasteiger partial charge in [-0.1, -0.05) is 30.3 Å². The number of benzene rings is 2. The second-order valence-electron chi connectivity index (χ2n) is 8.58. The molecule has 1 fully saturated rings. The molecule has 31 heavy (non-hydrogen) atoms. The average molecular weight is 420 g/mol. The largest absolute Gasteiger partial charge is 0.356 e. The van der Waals surface area contributed by atoms with Crippen LogP contribution in [0.4, 0.5) is 9.18 Å². The smallest absolute Gasteiger partial charge is 0.328 e. The van der Waals surface area contributed by atoms with Gasteiger partial charge in [-0.2, -0.15) is 0 Å². The van der Waals surface area contributed by atoms with E-state index in [4.69, 9.17) is 0 Å². The van der Waals surface area contributed by atoms with Crippen molar-refractivity contribution in [3.05, 3.63) is 71.2 Å². The minimum absolute atomic E-state index is 0.166. The molecule has 3 amide bonds. The fourth-order valence-electron chi connectivity index (χ4n) is 4.88. The Balaban J connectivity index is 1.60. The van der Waals surface area contributed by atoms with Gasteiger partial charge in [0.25, 0.3) is 5.91 Å². The number of fused-ring (bicyclic) bond motifs is 4. The number of aromatic nitrogens is 1. The van der Waals surface area contributed by atoms with Crippen molar-refractivity contribution in [3.8, 4) is 0 Å². The van der Waals surface area contributed by atoms with Gasteiger partial charge in [0.05, 0.1) is 0 Å². The maximum atomic E-state index is 14.0. The van der Waals surface area contributed by atoms with Crippen LogP contribution in [0.2, 0.25) is 0 Å². The molecule has 2 aromatic carbocycles. The monoisotopic (exact) mass is 420 g/mol. The number of rotatable bonds is 5. The van der Waals surface area contributed by atoms with E-state index in [1.54, 1.807) is 11.0 Å². The number of nitrogens with zero attached hydrogens (tertiary/aromatic N) is 3. The number of nitrogens with one attached hydrogen (secondary N) is 1. The molecule has 6 nitrogen and oxygen atoms in total. The zero-order valence-corrected chi connectivity index (χ0v) is 17.6. The SMILES string of the molecule is CN(C)CCCN1C(=O)C2Cc3c([nH]c4ccc(F)cc34)C(c3ccccc3)N2C1=O. The summed E-state index contributed by atoms with van der Waals surface area (Å²) in [6.45, 7) is 1.19. The third-order valence-electron chi connectivity index (χ3n) is 6.29. The van der Waals surface area contributed by atoms with E-state index in [0.29, 0.717) is 13.0 Å². The normalized spacial score (nSPS) is 20.6. The fraction of sp³-hybridized carbons (Fsp3) is 0.333. The van der Waals surface area contributed by atoms with Crippen LogP contribution in [-0.4, -0.2) is 64.8 Å². The first-order valence-corrected chi connectivity index (χ1v) is 10.6. The molecular weight excluding hydrogens is 395 g/mol. The van der Waals surface area contributed by atoms with Crippen molar-refractivity contribution in [2.24, 2.45) is 0 Å². The van der Waals surface area contributed by atoms with Gasteiger partial charge in [-0.15, -0.1) is 0 Å². The van der Waals surface area contributed by atoms with E-state index < -0.39 is 12.1 Å². The Bertz CT molecular complexity index is 1160. The highest BCUT2D eigenvalue weighted by molar-refractivity contribution is 6.05. The van der Waals surface area contributed by atoms with Crippen LogP contribution >= 0.6 is 0 Å². The summed E-state index contributed by atoms with van der Waals surface area (Å²) in [7, 11) is 3.94. The number of carbonyl (C=O) groups excluding carboxylic acids is 2. The first-order chi connectivity index (χ1) is 15.0. The van der Waals surface area contributed by atoms with Gasteiger partial charge in [0.2, 0.25) is 0 Å². The van der Waals surface area contributed by atoms with Gasteiger partial charge in [0.15, 0.2) is 0 Å². The van der Waals surface area contributed by atoms with Gasteiger partial charge in [-0.05, 0) is 56.4 Å². The van der Waals surface area contributed by atoms with Gasteiger partial charge in [0.1, 0.15) is 17.9 Å². The van der Waals surface area contributed by atoms with Crippen molar-refractivity contribution in [2.75, 3.05) is 27.2 Å². The number of aromatic amines is 1. The van der Waals surface area contributed by atoms with Crippen LogP contribution in [0.25, 0.3) is 10.9 Å². The molecule has 0 spiro atoms. The zero-order valence-electron chi connectivity index (χ0n) is 17.6. The first kappa shape index (κ1) is 19.8. The maximum Gasteiger partial charge on any atom is 0.328 e. The van der Waals surface area contributed by atoms with Crippen molar-refractivity contribution in [2.45, 2.75) is 24.9 Å². The molecule has 1 N–H and O–H groups in total. The quantitative estimate of drug-likeness (QED) is 0.643. The summed E-state index contributed by atoms with van der Waals surface area (Å²) in [5, 5.41) is 0.780. The lowest BCUT2D eigenvalue weighted by atomic mass is 9.89. The molecule has 0 radical (unpaired) electrons. The molecule has 5 rings (SSSR count). The van der Waals surface area contributed by atoms with Crippen molar-refractivity contribution in [1.82, 2.24) is 19.7 Å². The van der Waals surface area contributed by atoms with Crippen LogP contribution < -0.4 is 0 Å². The number of hydrogen-bond donors (Lipinski definition) is 1. The molecule has 3 heterocycles. The van der Waals surface area contributed by atoms with Crippen molar-refractivity contribution in [3.63, 3.8) is 0 Å². The lowest BCUT2D eigenvalue weighted by Gasteiger charge is -2.36. The lowest BCUT2D eigenvalue weighted by Crippen LogP contribution is -2.44. The minimum Gasteiger partial charge on any atom is -0.356 e. The van der Waals surface area contributed by atoms with Crippen molar-refractivity contribution >= 4 is 22.8 Å². The van der Waals surface area contributed by atoms with Gasteiger partial charge in [-0.25, -0.2) is 9.18 Å². The van der Waals surface area contributed by atoms with E-state index in [-0.39, 0.29) is 17.8 Å². The molecule has 0 saturated carbocycles. The Morgan fingerprint density at radius 3 is 2.65 bits per heavy atom. The Labute approximate surface area is 180 Å². The number of imide groups is 1. The zero-order chi connectivity index (χ0) is 21.7. The second kappa shape index (κ2) is 7.50. The van der Waals surface area contributed by atoms with Crippen LogP contribution in [0.1, 0.15) is 29.3 Å². The highest BCUT2D eigenvalue weighted by atomic mass is 19.1. The molecule has 0 aliphatic carbocycles. The van der Waals surface area contributed by atoms with Gasteiger partial charge >= 0.3 is 6.03 Å². The number of urea groups is 1. The Kier molecular flexibility index (Phi) is 4.78. The summed E-state index contributed by atoms with van der Waals surface area (Å²) in [5.41, 5.74) is 3.52. The van der Waals surface area contributed by atoms with E-state index in [1.165, 1.54) is 17.0 Å². The predicted molar refractivity (Wildman–Crippen MR) is 116 cm³/mol. The molecule has 1 aromatic heterocycles. The molecule has 2 aliphatic heterocycles. The molecular formula is C24H25FN4O2. The summed E-state index contributed by atoms with van der Waals surface area (Å²) >= 11 is 0. The standard InChI is InChI=1S/C24H25FN4O2/c1-27(2)11-6-12-28-23(30)20-14-18-17-13-16(25)9-10-19(17)26-21(18)22(29(20)24(28)31)15-7-4-3-5-8-15/h3-5,7-10,13,20,22,26H,6,11-12,14H2,1-2H3. The third-order valence-corrected chi connectivity index (χ3v) is 6.29. The average Bonchev–Trinajstić information content (AvgIpc) is 3.23. The topological polar surface area (TPSA) is 59.7 Å². The molecule has 2 aliphatic rings. The molecule has 7 heteroatoms. The molecule has 3 aromatic rings. The number of H-pyrrole nitrogens is 1. The van der Waals surface area contributed by atoms with E-state index in [2.05, 4.69) is 4.98 Å². The highest BCUT2D eigenvalue weighted by Gasteiger charge is 2.52. The van der Waals surface area contributed by atoms with Crippen LogP contribution in [0.5, 0.6) is 0 Å². The predicted octanol–water partition coefficient (Wildman–Crippen LogP) is 3.54. The van der Waals surface area contributed by atoms with Crippen molar-refractivity contribution in [1.29, 1.82) is 0 Å².